The molecule has 8 heteroatoms. The number of amides is 2. The third-order valence-electron chi connectivity index (χ3n) is 6.38. The number of hydrogen-bond acceptors (Lipinski definition) is 3. The molecule has 0 unspecified atom stereocenters. The first-order valence-corrected chi connectivity index (χ1v) is 12.1. The second-order valence-corrected chi connectivity index (χ2v) is 10.8. The van der Waals surface area contributed by atoms with Crippen molar-refractivity contribution in [2.24, 2.45) is 5.92 Å². The Bertz CT molecular complexity index is 826. The van der Waals surface area contributed by atoms with Gasteiger partial charge in [0.25, 0.3) is 0 Å². The maximum Gasteiger partial charge on any atom is 0.317 e. The second kappa shape index (κ2) is 8.20. The van der Waals surface area contributed by atoms with Crippen LogP contribution < -0.4 is 5.32 Å². The molecule has 0 aromatic heterocycles. The van der Waals surface area contributed by atoms with Crippen LogP contribution in [0.4, 0.5) is 4.79 Å². The third kappa shape index (κ3) is 4.16. The fourth-order valence-corrected chi connectivity index (χ4v) is 7.26. The predicted octanol–water partition coefficient (Wildman–Crippen LogP) is 3.22. The molecule has 3 aliphatic rings. The van der Waals surface area contributed by atoms with Crippen LogP contribution in [0, 0.1) is 5.92 Å². The summed E-state index contributed by atoms with van der Waals surface area (Å²) in [7, 11) is -3.36. The average molecular weight is 426 g/mol. The number of benzene rings is 1. The first kappa shape index (κ1) is 20.0. The molecule has 6 nitrogen and oxygen atoms in total. The van der Waals surface area contributed by atoms with E-state index >= 15 is 0 Å². The van der Waals surface area contributed by atoms with Gasteiger partial charge in [-0.3, -0.25) is 0 Å². The van der Waals surface area contributed by atoms with Crippen molar-refractivity contribution in [3.63, 3.8) is 0 Å². The largest absolute Gasteiger partial charge is 0.335 e. The van der Waals surface area contributed by atoms with Crippen LogP contribution >= 0.6 is 11.6 Å². The molecule has 2 amide bonds. The van der Waals surface area contributed by atoms with Crippen molar-refractivity contribution < 1.29 is 13.2 Å². The van der Waals surface area contributed by atoms with Crippen LogP contribution in [0.15, 0.2) is 24.3 Å². The summed E-state index contributed by atoms with van der Waals surface area (Å²) in [5.41, 5.74) is 0.908. The average Bonchev–Trinajstić information content (AvgIpc) is 3.15. The summed E-state index contributed by atoms with van der Waals surface area (Å²) in [5.74, 6) is 0.0773. The van der Waals surface area contributed by atoms with Crippen LogP contribution in [0.2, 0.25) is 5.02 Å². The monoisotopic (exact) mass is 425 g/mol. The maximum absolute atomic E-state index is 13.1. The number of nitrogens with zero attached hydrogens (tertiary/aromatic N) is 2. The molecule has 0 spiro atoms. The van der Waals surface area contributed by atoms with Crippen LogP contribution in [0.5, 0.6) is 0 Å². The number of nitrogens with one attached hydrogen (secondary N) is 1. The SMILES string of the molecule is O=C(NC1CCCC1)N1CC[C@@H]2CN(Cc3cccc(Cl)c3)S(=O)(=O)[C@@H]2CC1. The minimum atomic E-state index is -3.36. The van der Waals surface area contributed by atoms with Crippen LogP contribution in [-0.2, 0) is 16.6 Å². The fourth-order valence-electron chi connectivity index (χ4n) is 4.83. The zero-order valence-corrected chi connectivity index (χ0v) is 17.6. The minimum Gasteiger partial charge on any atom is -0.335 e. The van der Waals surface area contributed by atoms with Gasteiger partial charge >= 0.3 is 6.03 Å². The Kier molecular flexibility index (Phi) is 5.86. The van der Waals surface area contributed by atoms with Gasteiger partial charge in [-0.2, -0.15) is 4.31 Å². The van der Waals surface area contributed by atoms with Gasteiger partial charge in [0.2, 0.25) is 10.0 Å². The first-order chi connectivity index (χ1) is 13.4. The van der Waals surface area contributed by atoms with Gasteiger partial charge in [0.1, 0.15) is 0 Å². The van der Waals surface area contributed by atoms with Gasteiger partial charge < -0.3 is 10.2 Å². The number of carbonyl (C=O) groups is 1. The Morgan fingerprint density at radius 2 is 1.89 bits per heavy atom. The third-order valence-corrected chi connectivity index (χ3v) is 9.00. The van der Waals surface area contributed by atoms with Crippen molar-refractivity contribution >= 4 is 27.7 Å². The number of fused-ring (bicyclic) bond motifs is 1. The normalized spacial score (nSPS) is 28.1. The highest BCUT2D eigenvalue weighted by Crippen LogP contribution is 2.35. The molecule has 28 heavy (non-hydrogen) atoms. The Morgan fingerprint density at radius 1 is 1.14 bits per heavy atom. The lowest BCUT2D eigenvalue weighted by Crippen LogP contribution is -2.44. The number of urea groups is 1. The van der Waals surface area contributed by atoms with Crippen molar-refractivity contribution in [1.82, 2.24) is 14.5 Å². The summed E-state index contributed by atoms with van der Waals surface area (Å²) < 4.78 is 27.8. The van der Waals surface area contributed by atoms with Gasteiger partial charge in [-0.25, -0.2) is 13.2 Å². The smallest absolute Gasteiger partial charge is 0.317 e. The topological polar surface area (TPSA) is 69.7 Å². The van der Waals surface area contributed by atoms with Gasteiger partial charge in [-0.1, -0.05) is 36.6 Å². The lowest BCUT2D eigenvalue weighted by molar-refractivity contribution is 0.194. The summed E-state index contributed by atoms with van der Waals surface area (Å²) >= 11 is 6.04. The number of hydrogen-bond donors (Lipinski definition) is 1. The van der Waals surface area contributed by atoms with E-state index in [4.69, 9.17) is 11.6 Å². The number of rotatable bonds is 3. The highest BCUT2D eigenvalue weighted by atomic mass is 35.5. The molecular weight excluding hydrogens is 398 g/mol. The lowest BCUT2D eigenvalue weighted by atomic mass is 10.0. The zero-order valence-electron chi connectivity index (χ0n) is 16.0. The van der Waals surface area contributed by atoms with Gasteiger partial charge in [-0.05, 0) is 49.3 Å². The van der Waals surface area contributed by atoms with Crippen LogP contribution in [0.25, 0.3) is 0 Å². The van der Waals surface area contributed by atoms with Crippen LogP contribution in [0.1, 0.15) is 44.1 Å². The van der Waals surface area contributed by atoms with Gasteiger partial charge in [0.05, 0.1) is 5.25 Å². The lowest BCUT2D eigenvalue weighted by Gasteiger charge is -2.24. The minimum absolute atomic E-state index is 0.0277. The molecule has 3 fully saturated rings. The molecule has 2 atom stereocenters. The molecule has 2 aliphatic heterocycles. The van der Waals surface area contributed by atoms with Gasteiger partial charge in [0.15, 0.2) is 0 Å². The second-order valence-electron chi connectivity index (χ2n) is 8.26. The zero-order chi connectivity index (χ0) is 19.7. The van der Waals surface area contributed by atoms with Crippen LogP contribution in [0.3, 0.4) is 0 Å². The summed E-state index contributed by atoms with van der Waals surface area (Å²) in [6.07, 6.45) is 5.70. The highest BCUT2D eigenvalue weighted by molar-refractivity contribution is 7.90. The molecule has 1 aliphatic carbocycles. The van der Waals surface area contributed by atoms with E-state index in [9.17, 15) is 13.2 Å². The molecule has 2 saturated heterocycles. The van der Waals surface area contributed by atoms with E-state index in [1.54, 1.807) is 10.4 Å². The summed E-state index contributed by atoms with van der Waals surface area (Å²) in [6.45, 7) is 2.02. The first-order valence-electron chi connectivity index (χ1n) is 10.2. The molecule has 154 valence electrons. The van der Waals surface area contributed by atoms with E-state index in [2.05, 4.69) is 5.32 Å². The fraction of sp³-hybridized carbons (Fsp3) is 0.650. The Morgan fingerprint density at radius 3 is 2.64 bits per heavy atom. The molecular formula is C20H28ClN3O3S. The molecule has 1 saturated carbocycles. The molecule has 0 bridgehead atoms. The number of likely N-dealkylation sites (tertiary alicyclic amines) is 1. The van der Waals surface area contributed by atoms with E-state index in [-0.39, 0.29) is 18.0 Å². The molecule has 4 rings (SSSR count). The van der Waals surface area contributed by atoms with Crippen molar-refractivity contribution in [2.45, 2.75) is 56.4 Å². The summed E-state index contributed by atoms with van der Waals surface area (Å²) in [4.78, 5) is 14.4. The summed E-state index contributed by atoms with van der Waals surface area (Å²) in [6, 6.07) is 7.62. The maximum atomic E-state index is 13.1. The highest BCUT2D eigenvalue weighted by Gasteiger charge is 2.47. The molecule has 1 N–H and O–H groups in total. The molecule has 1 aromatic carbocycles. The van der Waals surface area contributed by atoms with E-state index in [1.165, 1.54) is 12.8 Å². The van der Waals surface area contributed by atoms with E-state index in [0.29, 0.717) is 37.6 Å². The van der Waals surface area contributed by atoms with Crippen molar-refractivity contribution in [3.8, 4) is 0 Å². The number of halogens is 1. The predicted molar refractivity (Wildman–Crippen MR) is 110 cm³/mol. The van der Waals surface area contributed by atoms with Gasteiger partial charge in [0, 0.05) is 37.2 Å². The van der Waals surface area contributed by atoms with Crippen LogP contribution in [-0.4, -0.2) is 54.6 Å². The quantitative estimate of drug-likeness (QED) is 0.808. The number of carbonyl (C=O) groups excluding carboxylic acids is 1. The molecule has 1 aromatic rings. The Labute approximate surface area is 172 Å². The molecule has 2 heterocycles. The van der Waals surface area contributed by atoms with Crippen molar-refractivity contribution in [2.75, 3.05) is 19.6 Å². The Balaban J connectivity index is 1.39. The van der Waals surface area contributed by atoms with Gasteiger partial charge in [-0.15, -0.1) is 0 Å². The standard InChI is InChI=1S/C20H28ClN3O3S/c21-17-5-3-4-15(12-17)13-24-14-16-8-10-23(11-9-19(16)28(24,26)27)20(25)22-18-6-1-2-7-18/h3-5,12,16,18-19H,1-2,6-11,13-14H2,(H,22,25)/t16-,19-/m1/s1. The molecule has 0 radical (unpaired) electrons. The van der Waals surface area contributed by atoms with E-state index in [0.717, 1.165) is 24.8 Å². The van der Waals surface area contributed by atoms with Crippen molar-refractivity contribution in [1.29, 1.82) is 0 Å². The Hall–Kier alpha value is -1.31. The summed E-state index contributed by atoms with van der Waals surface area (Å²) in [5, 5.41) is 3.35. The van der Waals surface area contributed by atoms with E-state index < -0.39 is 15.3 Å². The van der Waals surface area contributed by atoms with E-state index in [1.807, 2.05) is 23.1 Å². The number of sulfonamides is 1. The van der Waals surface area contributed by atoms with Crippen molar-refractivity contribution in [3.05, 3.63) is 34.9 Å².